The van der Waals surface area contributed by atoms with E-state index < -0.39 is 29.3 Å². The van der Waals surface area contributed by atoms with E-state index in [4.69, 9.17) is 16.3 Å². The van der Waals surface area contributed by atoms with E-state index in [0.717, 1.165) is 4.90 Å². The largest absolute Gasteiger partial charge is 0.507 e. The zero-order valence-corrected chi connectivity index (χ0v) is 17.0. The van der Waals surface area contributed by atoms with Crippen LogP contribution in [0, 0.1) is 5.82 Å². The number of aliphatic hydroxyl groups excluding tert-OH is 1. The zero-order chi connectivity index (χ0) is 22.1. The van der Waals surface area contributed by atoms with Crippen molar-refractivity contribution in [2.45, 2.75) is 6.04 Å². The first-order valence-electron chi connectivity index (χ1n) is 9.23. The molecule has 0 saturated carbocycles. The Kier molecular flexibility index (Phi) is 5.44. The normalized spacial score (nSPS) is 17.8. The number of carbonyl (C=O) groups excluding carboxylic acids is 2. The lowest BCUT2D eigenvalue weighted by molar-refractivity contribution is -0.132. The molecular weight excluding hydrogens is 423 g/mol. The van der Waals surface area contributed by atoms with Crippen molar-refractivity contribution in [3.8, 4) is 5.75 Å². The highest BCUT2D eigenvalue weighted by Gasteiger charge is 2.47. The number of aromatic nitrogens is 1. The van der Waals surface area contributed by atoms with Crippen LogP contribution in [-0.2, 0) is 9.59 Å². The summed E-state index contributed by atoms with van der Waals surface area (Å²) in [4.78, 5) is 31.0. The lowest BCUT2D eigenvalue weighted by Gasteiger charge is -2.26. The van der Waals surface area contributed by atoms with Crippen LogP contribution in [-0.4, -0.2) is 28.9 Å². The first-order chi connectivity index (χ1) is 14.9. The zero-order valence-electron chi connectivity index (χ0n) is 16.3. The number of hydrogen-bond acceptors (Lipinski definition) is 5. The average molecular weight is 439 g/mol. The van der Waals surface area contributed by atoms with Crippen LogP contribution in [0.15, 0.2) is 72.6 Å². The molecule has 1 atom stereocenters. The van der Waals surface area contributed by atoms with Crippen LogP contribution in [0.3, 0.4) is 0 Å². The predicted octanol–water partition coefficient (Wildman–Crippen LogP) is 4.51. The molecule has 1 unspecified atom stereocenters. The van der Waals surface area contributed by atoms with E-state index in [-0.39, 0.29) is 27.4 Å². The van der Waals surface area contributed by atoms with E-state index in [1.165, 1.54) is 68.0 Å². The molecule has 0 aliphatic carbocycles. The number of carbonyl (C=O) groups is 2. The number of benzene rings is 2. The number of hydrogen-bond donors (Lipinski definition) is 1. The number of halogens is 2. The quantitative estimate of drug-likeness (QED) is 0.368. The Labute approximate surface area is 182 Å². The summed E-state index contributed by atoms with van der Waals surface area (Å²) in [6.45, 7) is 0. The van der Waals surface area contributed by atoms with Gasteiger partial charge in [0.15, 0.2) is 0 Å². The molecule has 1 aliphatic heterocycles. The molecule has 4 rings (SSSR count). The monoisotopic (exact) mass is 438 g/mol. The number of ether oxygens (including phenoxy) is 1. The molecule has 0 radical (unpaired) electrons. The second-order valence-electron chi connectivity index (χ2n) is 6.75. The Morgan fingerprint density at radius 1 is 1.13 bits per heavy atom. The topological polar surface area (TPSA) is 79.7 Å². The van der Waals surface area contributed by atoms with Gasteiger partial charge in [0.05, 0.1) is 23.7 Å². The molecule has 3 aromatic rings. The molecule has 8 heteroatoms. The Hall–Kier alpha value is -3.71. The van der Waals surface area contributed by atoms with Crippen molar-refractivity contribution in [2.75, 3.05) is 12.0 Å². The average Bonchev–Trinajstić information content (AvgIpc) is 3.04. The molecule has 0 bridgehead atoms. The van der Waals surface area contributed by atoms with Crippen molar-refractivity contribution in [3.05, 3.63) is 94.5 Å². The lowest BCUT2D eigenvalue weighted by Crippen LogP contribution is -2.29. The Balaban J connectivity index is 1.97. The molecule has 156 valence electrons. The number of anilines is 1. The summed E-state index contributed by atoms with van der Waals surface area (Å²) >= 11 is 6.22. The first kappa shape index (κ1) is 20.6. The first-order valence-corrected chi connectivity index (χ1v) is 9.61. The summed E-state index contributed by atoms with van der Waals surface area (Å²) in [5, 5.41) is 11.1. The van der Waals surface area contributed by atoms with Gasteiger partial charge in [-0.2, -0.15) is 0 Å². The third-order valence-corrected chi connectivity index (χ3v) is 5.31. The molecule has 2 aromatic carbocycles. The summed E-state index contributed by atoms with van der Waals surface area (Å²) in [5.41, 5.74) is 0.370. The minimum Gasteiger partial charge on any atom is -0.507 e. The standard InChI is InChI=1S/C23H16ClFN2O4/c1-31-18-7-6-14(12-16(18)24)27-20(15-4-2-3-5-17(15)25)19(22(29)23(27)30)21(28)13-8-10-26-11-9-13/h2-12,20,28H,1H3/b21-19+. The summed E-state index contributed by atoms with van der Waals surface area (Å²) in [6, 6.07) is 12.1. The predicted molar refractivity (Wildman–Crippen MR) is 113 cm³/mol. The number of amides is 1. The van der Waals surface area contributed by atoms with E-state index >= 15 is 0 Å². The van der Waals surface area contributed by atoms with Gasteiger partial charge in [0, 0.05) is 29.2 Å². The van der Waals surface area contributed by atoms with Crippen LogP contribution in [0.25, 0.3) is 5.76 Å². The molecule has 6 nitrogen and oxygen atoms in total. The molecule has 1 N–H and O–H groups in total. The lowest BCUT2D eigenvalue weighted by atomic mass is 9.95. The Morgan fingerprint density at radius 3 is 2.48 bits per heavy atom. The number of Topliss-reactive ketones (excluding diaryl/α,β-unsaturated/α-hetero) is 1. The molecule has 0 spiro atoms. The molecule has 31 heavy (non-hydrogen) atoms. The molecule has 1 aliphatic rings. The van der Waals surface area contributed by atoms with Crippen molar-refractivity contribution in [3.63, 3.8) is 0 Å². The maximum absolute atomic E-state index is 14.8. The molecule has 1 fully saturated rings. The van der Waals surface area contributed by atoms with E-state index in [9.17, 15) is 19.1 Å². The summed E-state index contributed by atoms with van der Waals surface area (Å²) in [5.74, 6) is -2.52. The van der Waals surface area contributed by atoms with Gasteiger partial charge in [-0.1, -0.05) is 29.8 Å². The number of rotatable bonds is 4. The van der Waals surface area contributed by atoms with Gasteiger partial charge in [-0.05, 0) is 36.4 Å². The van der Waals surface area contributed by atoms with Gasteiger partial charge in [-0.15, -0.1) is 0 Å². The summed E-state index contributed by atoms with van der Waals surface area (Å²) in [7, 11) is 1.45. The minimum absolute atomic E-state index is 0.0595. The van der Waals surface area contributed by atoms with Crippen molar-refractivity contribution >= 4 is 34.7 Å². The molecule has 2 heterocycles. The number of nitrogens with zero attached hydrogens (tertiary/aromatic N) is 2. The van der Waals surface area contributed by atoms with Crippen LogP contribution >= 0.6 is 11.6 Å². The van der Waals surface area contributed by atoms with E-state index in [1.807, 2.05) is 0 Å². The molecule has 1 amide bonds. The fourth-order valence-corrected chi connectivity index (χ4v) is 3.81. The maximum atomic E-state index is 14.8. The maximum Gasteiger partial charge on any atom is 0.300 e. The van der Waals surface area contributed by atoms with Crippen LogP contribution in [0.1, 0.15) is 17.2 Å². The second kappa shape index (κ2) is 8.20. The third-order valence-electron chi connectivity index (χ3n) is 5.01. The van der Waals surface area contributed by atoms with Gasteiger partial charge in [0.25, 0.3) is 11.7 Å². The van der Waals surface area contributed by atoms with Gasteiger partial charge in [0.1, 0.15) is 17.3 Å². The van der Waals surface area contributed by atoms with Gasteiger partial charge in [-0.25, -0.2) is 4.39 Å². The van der Waals surface area contributed by atoms with E-state index in [1.54, 1.807) is 6.07 Å². The van der Waals surface area contributed by atoms with E-state index in [2.05, 4.69) is 4.98 Å². The minimum atomic E-state index is -1.20. The van der Waals surface area contributed by atoms with Gasteiger partial charge < -0.3 is 9.84 Å². The van der Waals surface area contributed by atoms with Crippen molar-refractivity contribution < 1.29 is 23.8 Å². The van der Waals surface area contributed by atoms with Crippen molar-refractivity contribution in [1.29, 1.82) is 0 Å². The highest BCUT2D eigenvalue weighted by atomic mass is 35.5. The fraction of sp³-hybridized carbons (Fsp3) is 0.0870. The Bertz CT molecular complexity index is 1210. The fourth-order valence-electron chi connectivity index (χ4n) is 3.56. The molecule has 1 aromatic heterocycles. The number of pyridine rings is 1. The Morgan fingerprint density at radius 2 is 1.84 bits per heavy atom. The van der Waals surface area contributed by atoms with Crippen LogP contribution in [0.5, 0.6) is 5.75 Å². The summed E-state index contributed by atoms with van der Waals surface area (Å²) < 4.78 is 20.0. The number of aliphatic hydroxyl groups is 1. The smallest absolute Gasteiger partial charge is 0.300 e. The molecular formula is C23H16ClFN2O4. The second-order valence-corrected chi connectivity index (χ2v) is 7.15. The summed E-state index contributed by atoms with van der Waals surface area (Å²) in [6.07, 6.45) is 2.87. The van der Waals surface area contributed by atoms with Crippen LogP contribution in [0.4, 0.5) is 10.1 Å². The number of ketones is 1. The molecule has 1 saturated heterocycles. The van der Waals surface area contributed by atoms with Gasteiger partial charge in [-0.3, -0.25) is 19.5 Å². The SMILES string of the molecule is COc1ccc(N2C(=O)C(=O)/C(=C(/O)c3ccncc3)C2c2ccccc2F)cc1Cl. The van der Waals surface area contributed by atoms with Crippen LogP contribution in [0.2, 0.25) is 5.02 Å². The number of methoxy groups -OCH3 is 1. The van der Waals surface area contributed by atoms with Crippen molar-refractivity contribution in [2.24, 2.45) is 0 Å². The van der Waals surface area contributed by atoms with E-state index in [0.29, 0.717) is 5.75 Å². The van der Waals surface area contributed by atoms with Crippen molar-refractivity contribution in [1.82, 2.24) is 4.98 Å². The van der Waals surface area contributed by atoms with Crippen LogP contribution < -0.4 is 9.64 Å². The highest BCUT2D eigenvalue weighted by Crippen LogP contribution is 2.44. The highest BCUT2D eigenvalue weighted by molar-refractivity contribution is 6.51. The van der Waals surface area contributed by atoms with Gasteiger partial charge >= 0.3 is 0 Å². The third kappa shape index (κ3) is 3.53. The van der Waals surface area contributed by atoms with Gasteiger partial charge in [0.2, 0.25) is 0 Å².